The average molecular weight is 473 g/mol. The molecule has 1 atom stereocenters. The third-order valence-corrected chi connectivity index (χ3v) is 6.25. The number of rotatable bonds is 8. The van der Waals surface area contributed by atoms with E-state index in [1.807, 2.05) is 43.3 Å². The van der Waals surface area contributed by atoms with Crippen LogP contribution in [0, 0.1) is 6.92 Å². The van der Waals surface area contributed by atoms with E-state index in [0.717, 1.165) is 27.8 Å². The second-order valence-corrected chi connectivity index (χ2v) is 8.68. The monoisotopic (exact) mass is 472 g/mol. The number of carboxylic acid groups (broad SMARTS) is 1. The molecule has 0 fully saturated rings. The number of ether oxygens (including phenoxy) is 1. The Hall–Kier alpha value is -4.13. The molecule has 4 rings (SSSR count). The standard InChI is InChI=1S/C28H28N2O5/c1-3-18(15-26(31)32)29-27(33)23-14-17(2)12-13-25(23)30-28(34)35-16-24-21-10-6-4-8-19(21)20-9-5-7-11-22(20)24/h4-14,18,24H,3,15-16H2,1-2H3,(H,29,33)(H,30,34)(H,31,32)/t18-/m1/s1. The molecule has 0 saturated carbocycles. The minimum atomic E-state index is -0.988. The Kier molecular flexibility index (Phi) is 7.15. The van der Waals surface area contributed by atoms with Gasteiger partial charge in [0.15, 0.2) is 0 Å². The smallest absolute Gasteiger partial charge is 0.411 e. The largest absolute Gasteiger partial charge is 0.481 e. The summed E-state index contributed by atoms with van der Waals surface area (Å²) in [5, 5.41) is 14.5. The van der Waals surface area contributed by atoms with Gasteiger partial charge in [0.25, 0.3) is 5.91 Å². The highest BCUT2D eigenvalue weighted by Crippen LogP contribution is 2.44. The molecule has 3 aromatic rings. The Balaban J connectivity index is 1.46. The van der Waals surface area contributed by atoms with Crippen LogP contribution in [0.2, 0.25) is 0 Å². The summed E-state index contributed by atoms with van der Waals surface area (Å²) < 4.78 is 5.60. The van der Waals surface area contributed by atoms with Crippen LogP contribution in [-0.2, 0) is 9.53 Å². The molecule has 3 aromatic carbocycles. The summed E-state index contributed by atoms with van der Waals surface area (Å²) >= 11 is 0. The van der Waals surface area contributed by atoms with Gasteiger partial charge in [-0.2, -0.15) is 0 Å². The zero-order chi connectivity index (χ0) is 24.9. The first kappa shape index (κ1) is 24.0. The predicted octanol–water partition coefficient (Wildman–Crippen LogP) is 5.34. The van der Waals surface area contributed by atoms with Crippen LogP contribution in [0.1, 0.15) is 52.7 Å². The highest BCUT2D eigenvalue weighted by molar-refractivity contribution is 6.03. The van der Waals surface area contributed by atoms with E-state index >= 15 is 0 Å². The first-order chi connectivity index (χ1) is 16.9. The summed E-state index contributed by atoms with van der Waals surface area (Å²) in [4.78, 5) is 36.7. The van der Waals surface area contributed by atoms with Crippen molar-refractivity contribution in [3.05, 3.63) is 89.0 Å². The quantitative estimate of drug-likeness (QED) is 0.411. The number of carbonyl (C=O) groups excluding carboxylic acids is 2. The number of amides is 2. The number of aryl methyl sites for hydroxylation is 1. The van der Waals surface area contributed by atoms with Gasteiger partial charge in [0.1, 0.15) is 6.61 Å². The molecule has 0 heterocycles. The number of benzene rings is 3. The van der Waals surface area contributed by atoms with E-state index in [2.05, 4.69) is 22.8 Å². The molecule has 1 aliphatic rings. The van der Waals surface area contributed by atoms with E-state index in [1.54, 1.807) is 25.1 Å². The van der Waals surface area contributed by atoms with Crippen LogP contribution in [0.15, 0.2) is 66.7 Å². The molecule has 0 saturated heterocycles. The van der Waals surface area contributed by atoms with Gasteiger partial charge in [0, 0.05) is 12.0 Å². The Morgan fingerprint density at radius 1 is 0.971 bits per heavy atom. The van der Waals surface area contributed by atoms with E-state index in [1.165, 1.54) is 0 Å². The van der Waals surface area contributed by atoms with Gasteiger partial charge in [-0.05, 0) is 47.7 Å². The van der Waals surface area contributed by atoms with Crippen LogP contribution >= 0.6 is 0 Å². The Bertz CT molecular complexity index is 1220. The molecule has 0 radical (unpaired) electrons. The van der Waals surface area contributed by atoms with Crippen LogP contribution in [0.25, 0.3) is 11.1 Å². The van der Waals surface area contributed by atoms with Crippen molar-refractivity contribution in [2.24, 2.45) is 0 Å². The molecule has 180 valence electrons. The summed E-state index contributed by atoms with van der Waals surface area (Å²) in [7, 11) is 0. The molecule has 7 heteroatoms. The van der Waals surface area contributed by atoms with Crippen LogP contribution in [0.3, 0.4) is 0 Å². The van der Waals surface area contributed by atoms with Gasteiger partial charge in [-0.1, -0.05) is 67.1 Å². The molecule has 0 unspecified atom stereocenters. The molecular weight excluding hydrogens is 444 g/mol. The number of hydrogen-bond acceptors (Lipinski definition) is 4. The maximum absolute atomic E-state index is 12.9. The first-order valence-corrected chi connectivity index (χ1v) is 11.6. The third-order valence-electron chi connectivity index (χ3n) is 6.25. The van der Waals surface area contributed by atoms with Gasteiger partial charge in [-0.25, -0.2) is 4.79 Å². The van der Waals surface area contributed by atoms with E-state index in [0.29, 0.717) is 12.1 Å². The Morgan fingerprint density at radius 2 is 1.60 bits per heavy atom. The minimum Gasteiger partial charge on any atom is -0.481 e. The number of anilines is 1. The van der Waals surface area contributed by atoms with Gasteiger partial charge in [0.2, 0.25) is 0 Å². The molecule has 0 aliphatic heterocycles. The highest BCUT2D eigenvalue weighted by atomic mass is 16.5. The first-order valence-electron chi connectivity index (χ1n) is 11.6. The average Bonchev–Trinajstić information content (AvgIpc) is 3.16. The number of carbonyl (C=O) groups is 3. The number of carboxylic acids is 1. The lowest BCUT2D eigenvalue weighted by molar-refractivity contribution is -0.137. The molecule has 0 spiro atoms. The van der Waals surface area contributed by atoms with Gasteiger partial charge >= 0.3 is 12.1 Å². The lowest BCUT2D eigenvalue weighted by atomic mass is 9.98. The molecule has 0 bridgehead atoms. The van der Waals surface area contributed by atoms with Crippen molar-refractivity contribution >= 4 is 23.7 Å². The minimum absolute atomic E-state index is 0.0738. The van der Waals surface area contributed by atoms with Crippen LogP contribution in [0.4, 0.5) is 10.5 Å². The second kappa shape index (κ2) is 10.4. The molecule has 3 N–H and O–H groups in total. The lowest BCUT2D eigenvalue weighted by Gasteiger charge is -2.18. The van der Waals surface area contributed by atoms with Gasteiger partial charge in [-0.15, -0.1) is 0 Å². The number of hydrogen-bond donors (Lipinski definition) is 3. The third kappa shape index (κ3) is 5.35. The normalized spacial score (nSPS) is 12.9. The van der Waals surface area contributed by atoms with Gasteiger partial charge < -0.3 is 15.2 Å². The Labute approximate surface area is 204 Å². The molecular formula is C28H28N2O5. The van der Waals surface area contributed by atoms with Crippen LogP contribution in [-0.4, -0.2) is 35.7 Å². The SMILES string of the molecule is CC[C@H](CC(=O)O)NC(=O)c1cc(C)ccc1NC(=O)OCC1c2ccccc2-c2ccccc21. The van der Waals surface area contributed by atoms with Crippen molar-refractivity contribution in [2.45, 2.75) is 38.6 Å². The lowest BCUT2D eigenvalue weighted by Crippen LogP contribution is -2.36. The topological polar surface area (TPSA) is 105 Å². The number of nitrogens with one attached hydrogen (secondary N) is 2. The second-order valence-electron chi connectivity index (χ2n) is 8.68. The van der Waals surface area contributed by atoms with Crippen molar-refractivity contribution < 1.29 is 24.2 Å². The summed E-state index contributed by atoms with van der Waals surface area (Å²) in [6.07, 6.45) is -0.371. The molecule has 35 heavy (non-hydrogen) atoms. The number of aliphatic carboxylic acids is 1. The maximum atomic E-state index is 12.9. The van der Waals surface area contributed by atoms with Gasteiger partial charge in [0.05, 0.1) is 17.7 Å². The summed E-state index contributed by atoms with van der Waals surface area (Å²) in [5.41, 5.74) is 5.89. The summed E-state index contributed by atoms with van der Waals surface area (Å²) in [6, 6.07) is 20.7. The fourth-order valence-corrected chi connectivity index (χ4v) is 4.47. The van der Waals surface area contributed by atoms with Crippen LogP contribution < -0.4 is 10.6 Å². The molecule has 7 nitrogen and oxygen atoms in total. The zero-order valence-corrected chi connectivity index (χ0v) is 19.7. The van der Waals surface area contributed by atoms with E-state index in [-0.39, 0.29) is 24.5 Å². The van der Waals surface area contributed by atoms with E-state index in [9.17, 15) is 14.4 Å². The summed E-state index contributed by atoms with van der Waals surface area (Å²) in [6.45, 7) is 3.80. The molecule has 0 aromatic heterocycles. The van der Waals surface area contributed by atoms with Crippen LogP contribution in [0.5, 0.6) is 0 Å². The van der Waals surface area contributed by atoms with Crippen molar-refractivity contribution in [3.8, 4) is 11.1 Å². The Morgan fingerprint density at radius 3 is 2.20 bits per heavy atom. The highest BCUT2D eigenvalue weighted by Gasteiger charge is 2.29. The summed E-state index contributed by atoms with van der Waals surface area (Å²) in [5.74, 6) is -1.51. The van der Waals surface area contributed by atoms with Crippen molar-refractivity contribution in [1.82, 2.24) is 5.32 Å². The maximum Gasteiger partial charge on any atom is 0.411 e. The van der Waals surface area contributed by atoms with Crippen molar-refractivity contribution in [2.75, 3.05) is 11.9 Å². The molecule has 1 aliphatic carbocycles. The van der Waals surface area contributed by atoms with E-state index in [4.69, 9.17) is 9.84 Å². The molecule has 2 amide bonds. The fraction of sp³-hybridized carbons (Fsp3) is 0.250. The van der Waals surface area contributed by atoms with E-state index < -0.39 is 24.0 Å². The number of fused-ring (bicyclic) bond motifs is 3. The zero-order valence-electron chi connectivity index (χ0n) is 19.7. The van der Waals surface area contributed by atoms with Crippen molar-refractivity contribution in [1.29, 1.82) is 0 Å². The predicted molar refractivity (Wildman–Crippen MR) is 134 cm³/mol. The van der Waals surface area contributed by atoms with Gasteiger partial charge in [-0.3, -0.25) is 14.9 Å². The fourth-order valence-electron chi connectivity index (χ4n) is 4.47. The van der Waals surface area contributed by atoms with Crippen molar-refractivity contribution in [3.63, 3.8) is 0 Å².